The average molecular weight is 439 g/mol. The second-order valence-corrected chi connectivity index (χ2v) is 8.83. The smallest absolute Gasteiger partial charge is 0.156 e. The minimum atomic E-state index is -0.729. The van der Waals surface area contributed by atoms with E-state index in [0.29, 0.717) is 17.3 Å². The number of hydrogen-bond donors (Lipinski definition) is 1. The van der Waals surface area contributed by atoms with Crippen LogP contribution in [0.15, 0.2) is 48.5 Å². The Labute approximate surface area is 190 Å². The van der Waals surface area contributed by atoms with Gasteiger partial charge in [0.05, 0.1) is 7.11 Å². The third kappa shape index (κ3) is 13.2. The van der Waals surface area contributed by atoms with Crippen molar-refractivity contribution in [1.29, 1.82) is 0 Å². The van der Waals surface area contributed by atoms with Gasteiger partial charge in [-0.2, -0.15) is 11.8 Å². The maximum absolute atomic E-state index is 10.8. The molecule has 174 valence electrons. The number of hydrogen-bond acceptors (Lipinski definition) is 4. The van der Waals surface area contributed by atoms with E-state index in [2.05, 4.69) is 20.1 Å². The summed E-state index contributed by atoms with van der Waals surface area (Å²) >= 11 is 1.83. The van der Waals surface area contributed by atoms with E-state index in [1.165, 1.54) is 64.2 Å². The van der Waals surface area contributed by atoms with Crippen molar-refractivity contribution >= 4 is 11.8 Å². The van der Waals surface area contributed by atoms with Crippen LogP contribution >= 0.6 is 11.8 Å². The summed E-state index contributed by atoms with van der Waals surface area (Å²) in [5.41, 5.74) is 0.776. The first-order valence-corrected chi connectivity index (χ1v) is 12.8. The molecule has 0 bridgehead atoms. The van der Waals surface area contributed by atoms with Crippen molar-refractivity contribution in [2.75, 3.05) is 18.6 Å². The molecule has 0 aliphatic heterocycles. The zero-order valence-corrected chi connectivity index (χ0v) is 20.8. The topological polar surface area (TPSA) is 38.7 Å². The summed E-state index contributed by atoms with van der Waals surface area (Å²) in [6, 6.07) is 0. The first-order chi connectivity index (χ1) is 14.5. The quantitative estimate of drug-likeness (QED) is 0.121. The number of methoxy groups -OCH3 is 1. The first kappa shape index (κ1) is 28.9. The number of rotatable bonds is 20. The zero-order chi connectivity index (χ0) is 22.6. The number of aliphatic hydroxyl groups is 1. The molecule has 3 nitrogen and oxygen atoms in total. The van der Waals surface area contributed by atoms with Crippen molar-refractivity contribution < 1.29 is 14.6 Å². The normalized spacial score (nSPS) is 14.6. The Morgan fingerprint density at radius 1 is 0.967 bits per heavy atom. The number of aliphatic hydroxyl groups excluding tert-OH is 1. The van der Waals surface area contributed by atoms with Gasteiger partial charge >= 0.3 is 0 Å². The molecule has 0 aliphatic carbocycles. The lowest BCUT2D eigenvalue weighted by Gasteiger charge is -2.26. The van der Waals surface area contributed by atoms with Gasteiger partial charge in [0.25, 0.3) is 0 Å². The highest BCUT2D eigenvalue weighted by Gasteiger charge is 2.24. The predicted octanol–water partition coefficient (Wildman–Crippen LogP) is 7.58. The second kappa shape index (κ2) is 19.8. The lowest BCUT2D eigenvalue weighted by molar-refractivity contribution is 0.0306. The molecule has 0 rings (SSSR count). The molecule has 2 atom stereocenters. The van der Waals surface area contributed by atoms with Crippen molar-refractivity contribution in [2.24, 2.45) is 0 Å². The Hall–Kier alpha value is -1.13. The Morgan fingerprint density at radius 3 is 2.00 bits per heavy atom. The third-order valence-electron chi connectivity index (χ3n) is 5.30. The van der Waals surface area contributed by atoms with Crippen LogP contribution in [0.25, 0.3) is 0 Å². The van der Waals surface area contributed by atoms with E-state index >= 15 is 0 Å². The third-order valence-corrected chi connectivity index (χ3v) is 6.45. The van der Waals surface area contributed by atoms with Gasteiger partial charge in [-0.25, -0.2) is 0 Å². The molecule has 4 heteroatoms. The van der Waals surface area contributed by atoms with Gasteiger partial charge in [-0.15, -0.1) is 0 Å². The summed E-state index contributed by atoms with van der Waals surface area (Å²) in [5.74, 6) is 3.01. The fourth-order valence-electron chi connectivity index (χ4n) is 3.24. The zero-order valence-electron chi connectivity index (χ0n) is 20.0. The largest absolute Gasteiger partial charge is 0.498 e. The SMILES string of the molecule is C=C/C(=C/C)C(O)C(CSCCCCCCCCCCCC)O/C(C=C)=C(\C)OC. The van der Waals surface area contributed by atoms with E-state index < -0.39 is 6.10 Å². The summed E-state index contributed by atoms with van der Waals surface area (Å²) < 4.78 is 11.4. The standard InChI is InChI=1S/C26H46O3S/c1-7-11-12-13-14-15-16-17-18-19-20-30-21-25(26(27)23(8-2)9-3)29-24(10-4)22(5)28-6/h8-10,25-27H,2,4,7,11-21H2,1,3,5-6H3/b23-9-,24-22+. The maximum Gasteiger partial charge on any atom is 0.156 e. The first-order valence-electron chi connectivity index (χ1n) is 11.6. The molecule has 0 aromatic rings. The summed E-state index contributed by atoms with van der Waals surface area (Å²) in [7, 11) is 1.61. The van der Waals surface area contributed by atoms with Gasteiger partial charge in [0, 0.05) is 5.75 Å². The van der Waals surface area contributed by atoms with E-state index in [1.54, 1.807) is 19.3 Å². The van der Waals surface area contributed by atoms with Crippen LogP contribution < -0.4 is 0 Å². The van der Waals surface area contributed by atoms with Gasteiger partial charge in [-0.1, -0.05) is 90.0 Å². The van der Waals surface area contributed by atoms with E-state index in [4.69, 9.17) is 9.47 Å². The highest BCUT2D eigenvalue weighted by atomic mass is 32.2. The molecular formula is C26H46O3S. The molecular weight excluding hydrogens is 392 g/mol. The van der Waals surface area contributed by atoms with Crippen molar-refractivity contribution in [1.82, 2.24) is 0 Å². The Kier molecular flexibility index (Phi) is 19.1. The van der Waals surface area contributed by atoms with Crippen LogP contribution in [-0.4, -0.2) is 35.9 Å². The van der Waals surface area contributed by atoms with Gasteiger partial charge in [0.15, 0.2) is 5.76 Å². The van der Waals surface area contributed by atoms with Crippen molar-refractivity contribution in [2.45, 2.75) is 97.2 Å². The van der Waals surface area contributed by atoms with Gasteiger partial charge < -0.3 is 14.6 Å². The van der Waals surface area contributed by atoms with Crippen LogP contribution in [-0.2, 0) is 9.47 Å². The van der Waals surface area contributed by atoms with Gasteiger partial charge in [0.1, 0.15) is 18.0 Å². The van der Waals surface area contributed by atoms with E-state index in [0.717, 1.165) is 11.3 Å². The van der Waals surface area contributed by atoms with Crippen LogP contribution in [0.1, 0.15) is 85.0 Å². The van der Waals surface area contributed by atoms with Crippen LogP contribution in [0.3, 0.4) is 0 Å². The number of allylic oxidation sites excluding steroid dienone is 3. The highest BCUT2D eigenvalue weighted by Crippen LogP contribution is 2.22. The number of thioether (sulfide) groups is 1. The molecule has 1 N–H and O–H groups in total. The number of ether oxygens (including phenoxy) is 2. The molecule has 0 heterocycles. The number of unbranched alkanes of at least 4 members (excludes halogenated alkanes) is 9. The van der Waals surface area contributed by atoms with Crippen LogP contribution in [0.5, 0.6) is 0 Å². The van der Waals surface area contributed by atoms with E-state index in [-0.39, 0.29) is 6.10 Å². The highest BCUT2D eigenvalue weighted by molar-refractivity contribution is 7.99. The molecule has 2 unspecified atom stereocenters. The predicted molar refractivity (Wildman–Crippen MR) is 134 cm³/mol. The summed E-state index contributed by atoms with van der Waals surface area (Å²) in [4.78, 5) is 0. The fourth-order valence-corrected chi connectivity index (χ4v) is 4.30. The summed E-state index contributed by atoms with van der Waals surface area (Å²) in [5, 5.41) is 10.8. The summed E-state index contributed by atoms with van der Waals surface area (Å²) in [6.45, 7) is 13.6. The monoisotopic (exact) mass is 438 g/mol. The molecule has 0 aromatic carbocycles. The van der Waals surface area contributed by atoms with E-state index in [9.17, 15) is 5.11 Å². The Bertz CT molecular complexity index is 510. The molecule has 0 saturated heterocycles. The van der Waals surface area contributed by atoms with Crippen LogP contribution in [0.2, 0.25) is 0 Å². The second-order valence-electron chi connectivity index (χ2n) is 7.68. The van der Waals surface area contributed by atoms with Gasteiger partial charge in [0.2, 0.25) is 0 Å². The minimum absolute atomic E-state index is 0.375. The molecule has 0 saturated carbocycles. The molecule has 0 aliphatic rings. The molecule has 0 amide bonds. The summed E-state index contributed by atoms with van der Waals surface area (Å²) in [6.07, 6.45) is 17.5. The maximum atomic E-state index is 10.8. The lowest BCUT2D eigenvalue weighted by atomic mass is 10.1. The van der Waals surface area contributed by atoms with Crippen LogP contribution in [0, 0.1) is 0 Å². The fraction of sp³-hybridized carbons (Fsp3) is 0.692. The molecule has 30 heavy (non-hydrogen) atoms. The molecule has 0 radical (unpaired) electrons. The van der Waals surface area contributed by atoms with Crippen molar-refractivity contribution in [3.8, 4) is 0 Å². The average Bonchev–Trinajstić information content (AvgIpc) is 2.76. The van der Waals surface area contributed by atoms with E-state index in [1.807, 2.05) is 31.7 Å². The van der Waals surface area contributed by atoms with Crippen molar-refractivity contribution in [3.05, 3.63) is 48.5 Å². The molecule has 0 fully saturated rings. The van der Waals surface area contributed by atoms with Gasteiger partial charge in [-0.05, 0) is 37.7 Å². The van der Waals surface area contributed by atoms with Gasteiger partial charge in [-0.3, -0.25) is 0 Å². The minimum Gasteiger partial charge on any atom is -0.498 e. The van der Waals surface area contributed by atoms with Crippen molar-refractivity contribution in [3.63, 3.8) is 0 Å². The van der Waals surface area contributed by atoms with Crippen LogP contribution in [0.4, 0.5) is 0 Å². The Balaban J connectivity index is 4.34. The molecule has 0 spiro atoms. The molecule has 0 aromatic heterocycles. The Morgan fingerprint density at radius 2 is 1.53 bits per heavy atom. The lowest BCUT2D eigenvalue weighted by Crippen LogP contribution is -2.32.